The molecule has 1 amide bonds. The summed E-state index contributed by atoms with van der Waals surface area (Å²) in [6.45, 7) is 2.78. The minimum Gasteiger partial charge on any atom is -0.353 e. The van der Waals surface area contributed by atoms with E-state index in [0.29, 0.717) is 19.0 Å². The molecule has 2 saturated carbocycles. The van der Waals surface area contributed by atoms with Crippen LogP contribution >= 0.6 is 0 Å². The molecule has 2 rings (SSSR count). The third-order valence-electron chi connectivity index (χ3n) is 4.43. The van der Waals surface area contributed by atoms with E-state index < -0.39 is 0 Å². The van der Waals surface area contributed by atoms with Crippen LogP contribution in [0.3, 0.4) is 0 Å². The fourth-order valence-electron chi connectivity index (χ4n) is 3.60. The normalized spacial score (nSPS) is 34.0. The Hall–Kier alpha value is -0.570. The lowest BCUT2D eigenvalue weighted by molar-refractivity contribution is -0.122. The van der Waals surface area contributed by atoms with E-state index in [2.05, 4.69) is 12.2 Å². The molecule has 0 heterocycles. The predicted octanol–water partition coefficient (Wildman–Crippen LogP) is 1.67. The van der Waals surface area contributed by atoms with Gasteiger partial charge in [0, 0.05) is 12.5 Å². The summed E-state index contributed by atoms with van der Waals surface area (Å²) in [5.74, 6) is 2.76. The van der Waals surface area contributed by atoms with Crippen LogP contribution in [0.15, 0.2) is 0 Å². The molecule has 0 saturated heterocycles. The second-order valence-electron chi connectivity index (χ2n) is 5.59. The van der Waals surface area contributed by atoms with Crippen LogP contribution in [0.2, 0.25) is 0 Å². The summed E-state index contributed by atoms with van der Waals surface area (Å²) in [5, 5.41) is 3.15. The van der Waals surface area contributed by atoms with Gasteiger partial charge in [0.05, 0.1) is 0 Å². The maximum Gasteiger partial charge on any atom is 0.220 e. The molecule has 3 N–H and O–H groups in total. The second-order valence-corrected chi connectivity index (χ2v) is 5.59. The summed E-state index contributed by atoms with van der Waals surface area (Å²) in [4.78, 5) is 11.6. The average Bonchev–Trinajstić information content (AvgIpc) is 2.87. The third-order valence-corrected chi connectivity index (χ3v) is 4.43. The Morgan fingerprint density at radius 1 is 1.44 bits per heavy atom. The van der Waals surface area contributed by atoms with Crippen molar-refractivity contribution in [2.45, 2.75) is 51.5 Å². The zero-order valence-electron chi connectivity index (χ0n) is 10.2. The van der Waals surface area contributed by atoms with Crippen LogP contribution in [0, 0.1) is 17.8 Å². The first-order valence-corrected chi connectivity index (χ1v) is 6.70. The Bertz CT molecular complexity index is 254. The Morgan fingerprint density at radius 2 is 2.25 bits per heavy atom. The molecule has 2 bridgehead atoms. The number of nitrogens with two attached hydrogens (primary N) is 1. The van der Waals surface area contributed by atoms with Gasteiger partial charge in [-0.05, 0) is 56.9 Å². The van der Waals surface area contributed by atoms with E-state index in [1.165, 1.54) is 25.7 Å². The number of fused-ring (bicyclic) bond motifs is 2. The summed E-state index contributed by atoms with van der Waals surface area (Å²) in [6.07, 6.45) is 6.95. The van der Waals surface area contributed by atoms with Gasteiger partial charge in [0.1, 0.15) is 0 Å². The molecular weight excluding hydrogens is 200 g/mol. The maximum absolute atomic E-state index is 11.6. The number of nitrogens with one attached hydrogen (secondary N) is 1. The lowest BCUT2D eigenvalue weighted by Crippen LogP contribution is -2.40. The molecule has 3 nitrogen and oxygen atoms in total. The molecule has 2 aliphatic rings. The molecule has 0 aromatic carbocycles. The predicted molar refractivity (Wildman–Crippen MR) is 64.8 cm³/mol. The molecular formula is C13H24N2O. The summed E-state index contributed by atoms with van der Waals surface area (Å²) < 4.78 is 0. The molecule has 3 heteroatoms. The lowest BCUT2D eigenvalue weighted by atomic mass is 9.84. The summed E-state index contributed by atoms with van der Waals surface area (Å²) in [7, 11) is 0. The van der Waals surface area contributed by atoms with Gasteiger partial charge < -0.3 is 11.1 Å². The van der Waals surface area contributed by atoms with Crippen LogP contribution < -0.4 is 11.1 Å². The minimum absolute atomic E-state index is 0.181. The third kappa shape index (κ3) is 2.57. The van der Waals surface area contributed by atoms with Crippen molar-refractivity contribution in [2.75, 3.05) is 6.54 Å². The first-order chi connectivity index (χ1) is 7.70. The van der Waals surface area contributed by atoms with E-state index in [4.69, 9.17) is 5.73 Å². The van der Waals surface area contributed by atoms with Crippen LogP contribution in [-0.4, -0.2) is 18.5 Å². The van der Waals surface area contributed by atoms with E-state index in [1.807, 2.05) is 0 Å². The highest BCUT2D eigenvalue weighted by Gasteiger charge is 2.41. The molecule has 4 atom stereocenters. The van der Waals surface area contributed by atoms with Crippen molar-refractivity contribution >= 4 is 5.91 Å². The first kappa shape index (κ1) is 11.9. The summed E-state index contributed by atoms with van der Waals surface area (Å²) in [5.41, 5.74) is 5.40. The topological polar surface area (TPSA) is 55.1 Å². The Morgan fingerprint density at radius 3 is 2.81 bits per heavy atom. The van der Waals surface area contributed by atoms with Gasteiger partial charge in [-0.15, -0.1) is 0 Å². The van der Waals surface area contributed by atoms with Crippen LogP contribution in [0.4, 0.5) is 0 Å². The Labute approximate surface area is 98.2 Å². The highest BCUT2D eigenvalue weighted by molar-refractivity contribution is 5.76. The van der Waals surface area contributed by atoms with Crippen molar-refractivity contribution < 1.29 is 4.79 Å². The standard InChI is InChI=1S/C13H24N2O/c1-9(15-13(16)3-2-6-14)12-8-10-4-5-11(12)7-10/h9-12H,2-8,14H2,1H3,(H,15,16). The summed E-state index contributed by atoms with van der Waals surface area (Å²) >= 11 is 0. The van der Waals surface area contributed by atoms with Gasteiger partial charge >= 0.3 is 0 Å². The molecule has 92 valence electrons. The number of carbonyl (C=O) groups is 1. The van der Waals surface area contributed by atoms with Crippen LogP contribution in [-0.2, 0) is 4.79 Å². The van der Waals surface area contributed by atoms with Crippen LogP contribution in [0.25, 0.3) is 0 Å². The monoisotopic (exact) mass is 224 g/mol. The molecule has 0 spiro atoms. The van der Waals surface area contributed by atoms with E-state index in [0.717, 1.165) is 24.2 Å². The Kier molecular flexibility index (Phi) is 3.85. The van der Waals surface area contributed by atoms with Crippen molar-refractivity contribution in [1.29, 1.82) is 0 Å². The lowest BCUT2D eigenvalue weighted by Gasteiger charge is -2.28. The first-order valence-electron chi connectivity index (χ1n) is 6.70. The van der Waals surface area contributed by atoms with Gasteiger partial charge in [-0.3, -0.25) is 4.79 Å². The van der Waals surface area contributed by atoms with Crippen molar-refractivity contribution in [1.82, 2.24) is 5.32 Å². The van der Waals surface area contributed by atoms with Crippen molar-refractivity contribution in [2.24, 2.45) is 23.5 Å². The van der Waals surface area contributed by atoms with Crippen molar-refractivity contribution in [3.05, 3.63) is 0 Å². The van der Waals surface area contributed by atoms with Gasteiger partial charge in [0.25, 0.3) is 0 Å². The second kappa shape index (κ2) is 5.17. The number of amides is 1. The smallest absolute Gasteiger partial charge is 0.220 e. The highest BCUT2D eigenvalue weighted by Crippen LogP contribution is 2.49. The minimum atomic E-state index is 0.181. The molecule has 2 aliphatic carbocycles. The van der Waals surface area contributed by atoms with Gasteiger partial charge in [-0.2, -0.15) is 0 Å². The number of carbonyl (C=O) groups excluding carboxylic acids is 1. The molecule has 0 aliphatic heterocycles. The molecule has 2 fully saturated rings. The fraction of sp³-hybridized carbons (Fsp3) is 0.923. The van der Waals surface area contributed by atoms with Crippen LogP contribution in [0.5, 0.6) is 0 Å². The van der Waals surface area contributed by atoms with Crippen LogP contribution in [0.1, 0.15) is 45.4 Å². The number of hydrogen-bond acceptors (Lipinski definition) is 2. The van der Waals surface area contributed by atoms with E-state index in [-0.39, 0.29) is 5.91 Å². The largest absolute Gasteiger partial charge is 0.353 e. The van der Waals surface area contributed by atoms with Gasteiger partial charge in [0.15, 0.2) is 0 Å². The fourth-order valence-corrected chi connectivity index (χ4v) is 3.60. The number of hydrogen-bond donors (Lipinski definition) is 2. The van der Waals surface area contributed by atoms with E-state index in [9.17, 15) is 4.79 Å². The van der Waals surface area contributed by atoms with Crippen molar-refractivity contribution in [3.8, 4) is 0 Å². The van der Waals surface area contributed by atoms with Gasteiger partial charge in [-0.1, -0.05) is 6.42 Å². The molecule has 4 unspecified atom stereocenters. The molecule has 0 aromatic rings. The maximum atomic E-state index is 11.6. The Balaban J connectivity index is 1.75. The molecule has 0 radical (unpaired) electrons. The quantitative estimate of drug-likeness (QED) is 0.746. The number of rotatable bonds is 5. The van der Waals surface area contributed by atoms with Gasteiger partial charge in [0.2, 0.25) is 5.91 Å². The molecule has 16 heavy (non-hydrogen) atoms. The van der Waals surface area contributed by atoms with Crippen molar-refractivity contribution in [3.63, 3.8) is 0 Å². The highest BCUT2D eigenvalue weighted by atomic mass is 16.1. The van der Waals surface area contributed by atoms with E-state index >= 15 is 0 Å². The summed E-state index contributed by atoms with van der Waals surface area (Å²) in [6, 6.07) is 0.362. The van der Waals surface area contributed by atoms with Gasteiger partial charge in [-0.25, -0.2) is 0 Å². The zero-order chi connectivity index (χ0) is 11.5. The van der Waals surface area contributed by atoms with E-state index in [1.54, 1.807) is 0 Å². The molecule has 0 aromatic heterocycles. The average molecular weight is 224 g/mol. The SMILES string of the molecule is CC(NC(=O)CCCN)C1CC2CCC1C2. The zero-order valence-corrected chi connectivity index (χ0v) is 10.2.